The van der Waals surface area contributed by atoms with E-state index in [1.807, 2.05) is 6.07 Å². The minimum absolute atomic E-state index is 0.614. The van der Waals surface area contributed by atoms with Crippen LogP contribution in [0.2, 0.25) is 5.02 Å². The van der Waals surface area contributed by atoms with Gasteiger partial charge in [0, 0.05) is 31.4 Å². The van der Waals surface area contributed by atoms with Gasteiger partial charge >= 0.3 is 0 Å². The van der Waals surface area contributed by atoms with Crippen LogP contribution in [0.3, 0.4) is 0 Å². The molecule has 0 saturated heterocycles. The first-order valence-corrected chi connectivity index (χ1v) is 4.61. The van der Waals surface area contributed by atoms with E-state index in [0.29, 0.717) is 10.9 Å². The Morgan fingerprint density at radius 3 is 3.00 bits per heavy atom. The fourth-order valence-electron chi connectivity index (χ4n) is 0.837. The van der Waals surface area contributed by atoms with Crippen molar-refractivity contribution < 1.29 is 0 Å². The van der Waals surface area contributed by atoms with Gasteiger partial charge in [-0.15, -0.1) is 11.6 Å². The summed E-state index contributed by atoms with van der Waals surface area (Å²) in [5.41, 5.74) is 1.05. The molecule has 0 saturated carbocycles. The summed E-state index contributed by atoms with van der Waals surface area (Å²) in [5, 5.41) is 3.84. The molecule has 0 spiro atoms. The molecule has 1 rings (SSSR count). The van der Waals surface area contributed by atoms with Gasteiger partial charge in [-0.3, -0.25) is 4.98 Å². The van der Waals surface area contributed by atoms with Crippen molar-refractivity contribution in [3.05, 3.63) is 29.0 Å². The molecule has 0 amide bonds. The van der Waals surface area contributed by atoms with Gasteiger partial charge in [0.25, 0.3) is 0 Å². The summed E-state index contributed by atoms with van der Waals surface area (Å²) in [7, 11) is 0. The van der Waals surface area contributed by atoms with Crippen molar-refractivity contribution in [2.24, 2.45) is 0 Å². The number of hydrogen-bond donors (Lipinski definition) is 1. The summed E-state index contributed by atoms with van der Waals surface area (Å²) >= 11 is 11.4. The zero-order chi connectivity index (χ0) is 8.81. The maximum atomic E-state index is 5.87. The zero-order valence-electron chi connectivity index (χ0n) is 6.56. The average Bonchev–Trinajstić information content (AvgIpc) is 2.09. The van der Waals surface area contributed by atoms with E-state index in [-0.39, 0.29) is 0 Å². The van der Waals surface area contributed by atoms with Crippen LogP contribution in [0, 0.1) is 0 Å². The minimum atomic E-state index is 0.614. The van der Waals surface area contributed by atoms with Gasteiger partial charge in [-0.05, 0) is 11.6 Å². The van der Waals surface area contributed by atoms with Crippen LogP contribution in [0.25, 0.3) is 0 Å². The van der Waals surface area contributed by atoms with E-state index in [9.17, 15) is 0 Å². The Balaban J connectivity index is 2.46. The highest BCUT2D eigenvalue weighted by Crippen LogP contribution is 2.12. The molecule has 0 aliphatic rings. The number of pyridine rings is 1. The molecule has 0 fully saturated rings. The molecule has 2 nitrogen and oxygen atoms in total. The van der Waals surface area contributed by atoms with Crippen molar-refractivity contribution in [3.8, 4) is 0 Å². The van der Waals surface area contributed by atoms with Crippen molar-refractivity contribution in [3.63, 3.8) is 0 Å². The SMILES string of the molecule is ClCCNCc1ccncc1Cl. The van der Waals surface area contributed by atoms with E-state index in [1.165, 1.54) is 0 Å². The number of alkyl halides is 1. The van der Waals surface area contributed by atoms with Crippen molar-refractivity contribution in [2.45, 2.75) is 6.54 Å². The summed E-state index contributed by atoms with van der Waals surface area (Å²) in [6.45, 7) is 1.54. The van der Waals surface area contributed by atoms with Gasteiger partial charge in [0.2, 0.25) is 0 Å². The van der Waals surface area contributed by atoms with Crippen LogP contribution in [-0.2, 0) is 6.54 Å². The predicted molar refractivity (Wildman–Crippen MR) is 51.7 cm³/mol. The third-order valence-corrected chi connectivity index (χ3v) is 1.97. The number of aromatic nitrogens is 1. The molecule has 4 heteroatoms. The van der Waals surface area contributed by atoms with Crippen LogP contribution in [0.1, 0.15) is 5.56 Å². The molecule has 1 N–H and O–H groups in total. The quantitative estimate of drug-likeness (QED) is 0.601. The highest BCUT2D eigenvalue weighted by atomic mass is 35.5. The number of nitrogens with one attached hydrogen (secondary N) is 1. The summed E-state index contributed by atoms with van der Waals surface area (Å²) < 4.78 is 0. The molecule has 0 bridgehead atoms. The first-order valence-electron chi connectivity index (χ1n) is 3.69. The third kappa shape index (κ3) is 2.97. The van der Waals surface area contributed by atoms with Crippen LogP contribution in [-0.4, -0.2) is 17.4 Å². The Hall–Kier alpha value is -0.310. The second-order valence-corrected chi connectivity index (χ2v) is 3.12. The van der Waals surface area contributed by atoms with E-state index in [4.69, 9.17) is 23.2 Å². The number of halogens is 2. The first kappa shape index (κ1) is 9.78. The predicted octanol–water partition coefficient (Wildman–Crippen LogP) is 2.06. The summed E-state index contributed by atoms with van der Waals surface area (Å²) in [5.74, 6) is 0.614. The van der Waals surface area contributed by atoms with E-state index in [0.717, 1.165) is 18.7 Å². The fraction of sp³-hybridized carbons (Fsp3) is 0.375. The molecule has 1 aromatic heterocycles. The first-order chi connectivity index (χ1) is 5.84. The van der Waals surface area contributed by atoms with Crippen LogP contribution in [0.5, 0.6) is 0 Å². The van der Waals surface area contributed by atoms with Crippen molar-refractivity contribution in [1.82, 2.24) is 10.3 Å². The van der Waals surface area contributed by atoms with E-state index in [1.54, 1.807) is 12.4 Å². The van der Waals surface area contributed by atoms with Gasteiger partial charge in [-0.25, -0.2) is 0 Å². The molecule has 1 heterocycles. The Kier molecular flexibility index (Phi) is 4.36. The summed E-state index contributed by atoms with van der Waals surface area (Å²) in [6, 6.07) is 1.89. The van der Waals surface area contributed by atoms with E-state index >= 15 is 0 Å². The fourth-order valence-corrected chi connectivity index (χ4v) is 1.16. The van der Waals surface area contributed by atoms with Gasteiger partial charge in [0.05, 0.1) is 5.02 Å². The molecule has 0 unspecified atom stereocenters. The second kappa shape index (κ2) is 5.36. The van der Waals surface area contributed by atoms with Crippen LogP contribution < -0.4 is 5.32 Å². The standard InChI is InChI=1S/C8H10Cl2N2/c9-2-4-12-5-7-1-3-11-6-8(7)10/h1,3,6,12H,2,4-5H2. The lowest BCUT2D eigenvalue weighted by atomic mass is 10.3. The number of rotatable bonds is 4. The molecule has 0 aliphatic carbocycles. The largest absolute Gasteiger partial charge is 0.311 e. The van der Waals surface area contributed by atoms with Crippen molar-refractivity contribution in [1.29, 1.82) is 0 Å². The molecule has 0 radical (unpaired) electrons. The smallest absolute Gasteiger partial charge is 0.0634 e. The molecule has 1 aromatic rings. The molecular weight excluding hydrogens is 195 g/mol. The topological polar surface area (TPSA) is 24.9 Å². The Morgan fingerprint density at radius 2 is 2.33 bits per heavy atom. The Labute approximate surface area is 81.9 Å². The zero-order valence-corrected chi connectivity index (χ0v) is 8.07. The third-order valence-electron chi connectivity index (χ3n) is 1.44. The molecule has 0 aliphatic heterocycles. The minimum Gasteiger partial charge on any atom is -0.311 e. The lowest BCUT2D eigenvalue weighted by Crippen LogP contribution is -2.15. The van der Waals surface area contributed by atoms with Crippen LogP contribution in [0.4, 0.5) is 0 Å². The molecular formula is C8H10Cl2N2. The van der Waals surface area contributed by atoms with Crippen LogP contribution >= 0.6 is 23.2 Å². The van der Waals surface area contributed by atoms with Crippen molar-refractivity contribution in [2.75, 3.05) is 12.4 Å². The number of nitrogens with zero attached hydrogens (tertiary/aromatic N) is 1. The maximum absolute atomic E-state index is 5.87. The van der Waals surface area contributed by atoms with Gasteiger partial charge in [-0.2, -0.15) is 0 Å². The van der Waals surface area contributed by atoms with Crippen molar-refractivity contribution >= 4 is 23.2 Å². The van der Waals surface area contributed by atoms with E-state index < -0.39 is 0 Å². The number of hydrogen-bond acceptors (Lipinski definition) is 2. The molecule has 12 heavy (non-hydrogen) atoms. The maximum Gasteiger partial charge on any atom is 0.0634 e. The normalized spacial score (nSPS) is 10.2. The van der Waals surface area contributed by atoms with Gasteiger partial charge in [0.15, 0.2) is 0 Å². The lowest BCUT2D eigenvalue weighted by molar-refractivity contribution is 0.729. The molecule has 0 atom stereocenters. The van der Waals surface area contributed by atoms with Gasteiger partial charge in [0.1, 0.15) is 0 Å². The van der Waals surface area contributed by atoms with Gasteiger partial charge < -0.3 is 5.32 Å². The second-order valence-electron chi connectivity index (χ2n) is 2.33. The highest BCUT2D eigenvalue weighted by Gasteiger charge is 1.97. The Bertz CT molecular complexity index is 240. The summed E-state index contributed by atoms with van der Waals surface area (Å²) in [6.07, 6.45) is 3.36. The lowest BCUT2D eigenvalue weighted by Gasteiger charge is -2.03. The summed E-state index contributed by atoms with van der Waals surface area (Å²) in [4.78, 5) is 3.89. The Morgan fingerprint density at radius 1 is 1.50 bits per heavy atom. The molecule has 0 aromatic carbocycles. The van der Waals surface area contributed by atoms with Gasteiger partial charge in [-0.1, -0.05) is 11.6 Å². The van der Waals surface area contributed by atoms with E-state index in [2.05, 4.69) is 10.3 Å². The highest BCUT2D eigenvalue weighted by molar-refractivity contribution is 6.31. The average molecular weight is 205 g/mol. The monoisotopic (exact) mass is 204 g/mol. The van der Waals surface area contributed by atoms with Crippen LogP contribution in [0.15, 0.2) is 18.5 Å². The molecule has 66 valence electrons.